The quantitative estimate of drug-likeness (QED) is 0.288. The highest BCUT2D eigenvalue weighted by atomic mass is 16.6. The Bertz CT molecular complexity index is 770. The molecule has 0 aliphatic heterocycles. The summed E-state index contributed by atoms with van der Waals surface area (Å²) in [5, 5.41) is 19.2. The third-order valence-electron chi connectivity index (χ3n) is 6.51. The Morgan fingerprint density at radius 2 is 0.875 bits per heavy atom. The van der Waals surface area contributed by atoms with Crippen LogP contribution in [-0.2, 0) is 10.3 Å². The van der Waals surface area contributed by atoms with E-state index in [0.29, 0.717) is 0 Å². The molecule has 0 saturated heterocycles. The predicted molar refractivity (Wildman–Crippen MR) is 133 cm³/mol. The molecular weight excluding hydrogens is 397 g/mol. The molecule has 0 unspecified atom stereocenters. The summed E-state index contributed by atoms with van der Waals surface area (Å²) in [6.07, 6.45) is 0. The summed E-state index contributed by atoms with van der Waals surface area (Å²) < 4.78 is 6.98. The van der Waals surface area contributed by atoms with Gasteiger partial charge in [-0.2, -0.15) is 0 Å². The van der Waals surface area contributed by atoms with Crippen molar-refractivity contribution in [3.63, 3.8) is 0 Å². The van der Waals surface area contributed by atoms with Crippen molar-refractivity contribution in [2.75, 3.05) is 26.2 Å². The molecule has 0 amide bonds. The maximum absolute atomic E-state index is 9.61. The fourth-order valence-electron chi connectivity index (χ4n) is 4.22. The monoisotopic (exact) mass is 434 g/mol. The van der Waals surface area contributed by atoms with Crippen LogP contribution in [0.4, 0.5) is 0 Å². The summed E-state index contributed by atoms with van der Waals surface area (Å²) in [5.41, 5.74) is 1.37. The molecule has 0 bridgehead atoms. The van der Waals surface area contributed by atoms with Gasteiger partial charge in [0.1, 0.15) is 5.60 Å². The Morgan fingerprint density at radius 1 is 0.594 bits per heavy atom. The van der Waals surface area contributed by atoms with Crippen LogP contribution in [0, 0.1) is 0 Å². The lowest BCUT2D eigenvalue weighted by Gasteiger charge is -2.36. The fourth-order valence-corrected chi connectivity index (χ4v) is 4.22. The minimum absolute atomic E-state index is 0.825. The largest absolute Gasteiger partial charge is 0.635 e. The molecule has 4 nitrogen and oxygen atoms in total. The number of quaternary nitrogens is 1. The summed E-state index contributed by atoms with van der Waals surface area (Å²) in [6, 6.07) is 28.7. The van der Waals surface area contributed by atoms with Crippen molar-refractivity contribution < 1.29 is 19.2 Å². The zero-order valence-corrected chi connectivity index (χ0v) is 19.8. The van der Waals surface area contributed by atoms with Crippen molar-refractivity contribution in [1.29, 1.82) is 0 Å². The summed E-state index contributed by atoms with van der Waals surface area (Å²) in [5.74, 6) is 0. The maximum atomic E-state index is 9.61. The van der Waals surface area contributed by atoms with E-state index in [9.17, 15) is 10.0 Å². The molecule has 170 valence electrons. The van der Waals surface area contributed by atoms with E-state index in [1.165, 1.54) is 30.7 Å². The minimum Gasteiger partial charge on any atom is -0.402 e. The lowest BCUT2D eigenvalue weighted by molar-refractivity contribution is -0.921. The summed E-state index contributed by atoms with van der Waals surface area (Å²) >= 11 is 0. The van der Waals surface area contributed by atoms with Crippen LogP contribution in [0.25, 0.3) is 0 Å². The second-order valence-corrected chi connectivity index (χ2v) is 7.83. The normalized spacial score (nSPS) is 11.4. The molecule has 0 aliphatic rings. The molecule has 5 heteroatoms. The van der Waals surface area contributed by atoms with Gasteiger partial charge >= 0.3 is 7.32 Å². The summed E-state index contributed by atoms with van der Waals surface area (Å²) in [7, 11) is -1.91. The van der Waals surface area contributed by atoms with Crippen molar-refractivity contribution >= 4 is 7.32 Å². The van der Waals surface area contributed by atoms with Gasteiger partial charge in [0.05, 0.1) is 26.2 Å². The SMILES string of the molecule is CC[N+](CC)(CC)CC.OB(O)OC(c1ccccc1)(c1ccccc1)c1ccccc1. The van der Waals surface area contributed by atoms with Crippen LogP contribution in [0.3, 0.4) is 0 Å². The lowest BCUT2D eigenvalue weighted by atomic mass is 9.79. The first kappa shape index (κ1) is 25.8. The number of hydrogen-bond donors (Lipinski definition) is 2. The Balaban J connectivity index is 0.000000344. The molecular formula is C27H37BNO3+. The van der Waals surface area contributed by atoms with E-state index in [2.05, 4.69) is 27.7 Å². The fraction of sp³-hybridized carbons (Fsp3) is 0.333. The van der Waals surface area contributed by atoms with Gasteiger partial charge in [-0.05, 0) is 44.4 Å². The molecule has 32 heavy (non-hydrogen) atoms. The van der Waals surface area contributed by atoms with Gasteiger partial charge in [-0.25, -0.2) is 0 Å². The van der Waals surface area contributed by atoms with E-state index in [0.717, 1.165) is 16.7 Å². The van der Waals surface area contributed by atoms with Gasteiger partial charge in [-0.3, -0.25) is 0 Å². The smallest absolute Gasteiger partial charge is 0.402 e. The van der Waals surface area contributed by atoms with Gasteiger partial charge < -0.3 is 19.2 Å². The van der Waals surface area contributed by atoms with Crippen molar-refractivity contribution in [1.82, 2.24) is 0 Å². The third kappa shape index (κ3) is 6.08. The van der Waals surface area contributed by atoms with Crippen LogP contribution < -0.4 is 0 Å². The number of hydrogen-bond acceptors (Lipinski definition) is 3. The molecule has 3 aromatic rings. The Labute approximate surface area is 193 Å². The molecule has 3 aromatic carbocycles. The number of rotatable bonds is 9. The van der Waals surface area contributed by atoms with Crippen LogP contribution in [0.15, 0.2) is 91.0 Å². The van der Waals surface area contributed by atoms with Crippen LogP contribution in [0.5, 0.6) is 0 Å². The molecule has 0 radical (unpaired) electrons. The van der Waals surface area contributed by atoms with Gasteiger partial charge in [0.2, 0.25) is 0 Å². The molecule has 3 rings (SSSR count). The van der Waals surface area contributed by atoms with Gasteiger partial charge in [0.15, 0.2) is 0 Å². The van der Waals surface area contributed by atoms with Crippen LogP contribution >= 0.6 is 0 Å². The minimum atomic E-state index is -1.91. The standard InChI is InChI=1S/C19H17BO3.C8H20N/c21-20(22)23-19(16-10-4-1-5-11-16,17-12-6-2-7-13-17)18-14-8-3-9-15-18;1-5-9(6-2,7-3)8-4/h1-15,21-22H;5-8H2,1-4H3/q;+1. The predicted octanol–water partition coefficient (Wildman–Crippen LogP) is 4.85. The van der Waals surface area contributed by atoms with Crippen molar-refractivity contribution in [3.05, 3.63) is 108 Å². The third-order valence-corrected chi connectivity index (χ3v) is 6.51. The Kier molecular flexibility index (Phi) is 10.1. The molecule has 0 fully saturated rings. The van der Waals surface area contributed by atoms with Gasteiger partial charge in [-0.1, -0.05) is 91.0 Å². The first-order chi connectivity index (χ1) is 15.5. The van der Waals surface area contributed by atoms with Crippen LogP contribution in [0.1, 0.15) is 44.4 Å². The van der Waals surface area contributed by atoms with Gasteiger partial charge in [-0.15, -0.1) is 0 Å². The molecule has 0 saturated carbocycles. The van der Waals surface area contributed by atoms with Gasteiger partial charge in [0.25, 0.3) is 0 Å². The Hall–Kier alpha value is -2.44. The average Bonchev–Trinajstić information content (AvgIpc) is 2.86. The average molecular weight is 434 g/mol. The molecule has 0 atom stereocenters. The number of benzene rings is 3. The second kappa shape index (κ2) is 12.6. The van der Waals surface area contributed by atoms with E-state index in [1.807, 2.05) is 91.0 Å². The van der Waals surface area contributed by atoms with E-state index >= 15 is 0 Å². The molecule has 0 aliphatic carbocycles. The Morgan fingerprint density at radius 3 is 1.06 bits per heavy atom. The zero-order valence-electron chi connectivity index (χ0n) is 19.8. The van der Waals surface area contributed by atoms with E-state index in [4.69, 9.17) is 4.65 Å². The number of nitrogens with zero attached hydrogens (tertiary/aromatic N) is 1. The molecule has 0 spiro atoms. The molecule has 0 heterocycles. The van der Waals surface area contributed by atoms with Crippen molar-refractivity contribution in [3.8, 4) is 0 Å². The highest BCUT2D eigenvalue weighted by Gasteiger charge is 2.40. The highest BCUT2D eigenvalue weighted by Crippen LogP contribution is 2.40. The first-order valence-electron chi connectivity index (χ1n) is 11.5. The van der Waals surface area contributed by atoms with Crippen molar-refractivity contribution in [2.45, 2.75) is 33.3 Å². The van der Waals surface area contributed by atoms with Crippen molar-refractivity contribution in [2.24, 2.45) is 0 Å². The maximum Gasteiger partial charge on any atom is 0.635 e. The molecule has 0 aromatic heterocycles. The second-order valence-electron chi connectivity index (χ2n) is 7.83. The topological polar surface area (TPSA) is 49.7 Å². The van der Waals surface area contributed by atoms with E-state index < -0.39 is 12.9 Å². The van der Waals surface area contributed by atoms with Crippen LogP contribution in [0.2, 0.25) is 0 Å². The zero-order chi connectivity index (χ0) is 23.5. The van der Waals surface area contributed by atoms with E-state index in [-0.39, 0.29) is 0 Å². The summed E-state index contributed by atoms with van der Waals surface area (Å²) in [6.45, 7) is 14.2. The lowest BCUT2D eigenvalue weighted by Crippen LogP contribution is -2.47. The van der Waals surface area contributed by atoms with Gasteiger partial charge in [0, 0.05) is 0 Å². The van der Waals surface area contributed by atoms with E-state index in [1.54, 1.807) is 0 Å². The first-order valence-corrected chi connectivity index (χ1v) is 11.5. The van der Waals surface area contributed by atoms with Crippen LogP contribution in [-0.4, -0.2) is 48.0 Å². The summed E-state index contributed by atoms with van der Waals surface area (Å²) in [4.78, 5) is 0. The highest BCUT2D eigenvalue weighted by molar-refractivity contribution is 6.33. The molecule has 2 N–H and O–H groups in total.